The summed E-state index contributed by atoms with van der Waals surface area (Å²) in [6.45, 7) is 9.38. The van der Waals surface area contributed by atoms with E-state index in [4.69, 9.17) is 4.74 Å². The third-order valence-corrected chi connectivity index (χ3v) is 3.21. The van der Waals surface area contributed by atoms with Crippen LogP contribution in [0, 0.1) is 13.8 Å². The molecular formula is C14H23NO. The van der Waals surface area contributed by atoms with Crippen molar-refractivity contribution in [2.24, 2.45) is 0 Å². The van der Waals surface area contributed by atoms with Gasteiger partial charge in [0.1, 0.15) is 11.4 Å². The Morgan fingerprint density at radius 3 is 2.56 bits per heavy atom. The molecule has 0 amide bonds. The zero-order valence-corrected chi connectivity index (χ0v) is 11.1. The summed E-state index contributed by atoms with van der Waals surface area (Å²) in [6, 6.07) is 6.21. The molecule has 0 aliphatic carbocycles. The zero-order chi connectivity index (χ0) is 12.2. The average Bonchev–Trinajstić information content (AvgIpc) is 2.25. The summed E-state index contributed by atoms with van der Waals surface area (Å²) in [5, 5.41) is 3.19. The van der Waals surface area contributed by atoms with E-state index in [1.807, 2.05) is 19.2 Å². The molecule has 1 N–H and O–H groups in total. The van der Waals surface area contributed by atoms with Gasteiger partial charge in [0.25, 0.3) is 0 Å². The van der Waals surface area contributed by atoms with Gasteiger partial charge in [-0.25, -0.2) is 0 Å². The van der Waals surface area contributed by atoms with Crippen LogP contribution in [0.5, 0.6) is 5.75 Å². The van der Waals surface area contributed by atoms with Crippen LogP contribution < -0.4 is 10.1 Å². The number of nitrogens with one attached hydrogen (secondary N) is 1. The third-order valence-electron chi connectivity index (χ3n) is 3.21. The molecule has 16 heavy (non-hydrogen) atoms. The predicted octanol–water partition coefficient (Wildman–Crippen LogP) is 3.07. The monoisotopic (exact) mass is 221 g/mol. The first-order valence-corrected chi connectivity index (χ1v) is 5.92. The Morgan fingerprint density at radius 2 is 2.00 bits per heavy atom. The lowest BCUT2D eigenvalue weighted by Crippen LogP contribution is -2.41. The van der Waals surface area contributed by atoms with Crippen molar-refractivity contribution >= 4 is 0 Å². The quantitative estimate of drug-likeness (QED) is 0.825. The summed E-state index contributed by atoms with van der Waals surface area (Å²) in [6.07, 6.45) is 0.987. The first kappa shape index (κ1) is 13.0. The van der Waals surface area contributed by atoms with Crippen LogP contribution in [0.4, 0.5) is 0 Å². The van der Waals surface area contributed by atoms with Crippen LogP contribution >= 0.6 is 0 Å². The molecule has 1 aromatic rings. The van der Waals surface area contributed by atoms with Crippen LogP contribution in [0.1, 0.15) is 31.4 Å². The maximum absolute atomic E-state index is 6.14. The highest BCUT2D eigenvalue weighted by Crippen LogP contribution is 2.26. The van der Waals surface area contributed by atoms with Crippen molar-refractivity contribution in [2.45, 2.75) is 39.7 Å². The number of rotatable bonds is 5. The van der Waals surface area contributed by atoms with Gasteiger partial charge in [-0.1, -0.05) is 19.1 Å². The molecule has 2 nitrogen and oxygen atoms in total. The third kappa shape index (κ3) is 2.99. The number of likely N-dealkylation sites (N-methyl/N-ethyl adjacent to an activating group) is 1. The molecule has 0 saturated heterocycles. The molecule has 90 valence electrons. The van der Waals surface area contributed by atoms with E-state index in [-0.39, 0.29) is 5.60 Å². The number of hydrogen-bond donors (Lipinski definition) is 1. The predicted molar refractivity (Wildman–Crippen MR) is 69.2 cm³/mol. The fourth-order valence-electron chi connectivity index (χ4n) is 1.71. The van der Waals surface area contributed by atoms with Crippen LogP contribution in [-0.4, -0.2) is 19.2 Å². The Kier molecular flexibility index (Phi) is 4.36. The second-order valence-electron chi connectivity index (χ2n) is 4.63. The van der Waals surface area contributed by atoms with Crippen molar-refractivity contribution in [3.05, 3.63) is 29.3 Å². The van der Waals surface area contributed by atoms with Crippen LogP contribution in [-0.2, 0) is 0 Å². The van der Waals surface area contributed by atoms with Crippen molar-refractivity contribution in [3.63, 3.8) is 0 Å². The lowest BCUT2D eigenvalue weighted by molar-refractivity contribution is 0.0849. The van der Waals surface area contributed by atoms with E-state index in [1.54, 1.807) is 0 Å². The molecule has 0 aliphatic heterocycles. The molecular weight excluding hydrogens is 198 g/mol. The van der Waals surface area contributed by atoms with E-state index >= 15 is 0 Å². The molecule has 1 unspecified atom stereocenters. The van der Waals surface area contributed by atoms with Crippen molar-refractivity contribution < 1.29 is 4.74 Å². The molecule has 0 saturated carbocycles. The second-order valence-corrected chi connectivity index (χ2v) is 4.63. The van der Waals surface area contributed by atoms with E-state index < -0.39 is 0 Å². The maximum Gasteiger partial charge on any atom is 0.123 e. The lowest BCUT2D eigenvalue weighted by atomic mass is 10.0. The number of ether oxygens (including phenoxy) is 1. The minimum Gasteiger partial charge on any atom is -0.486 e. The Hall–Kier alpha value is -1.02. The smallest absolute Gasteiger partial charge is 0.123 e. The summed E-state index contributed by atoms with van der Waals surface area (Å²) in [7, 11) is 1.96. The zero-order valence-electron chi connectivity index (χ0n) is 11.1. The van der Waals surface area contributed by atoms with Gasteiger partial charge in [-0.15, -0.1) is 0 Å². The average molecular weight is 221 g/mol. The lowest BCUT2D eigenvalue weighted by Gasteiger charge is -2.30. The summed E-state index contributed by atoms with van der Waals surface area (Å²) >= 11 is 0. The molecule has 2 heteroatoms. The van der Waals surface area contributed by atoms with Gasteiger partial charge in [-0.05, 0) is 51.4 Å². The highest BCUT2D eigenvalue weighted by atomic mass is 16.5. The van der Waals surface area contributed by atoms with E-state index in [0.29, 0.717) is 0 Å². The summed E-state index contributed by atoms with van der Waals surface area (Å²) < 4.78 is 6.14. The fourth-order valence-corrected chi connectivity index (χ4v) is 1.71. The Labute approximate surface area is 99.0 Å². The first-order chi connectivity index (χ1) is 7.52. The second kappa shape index (κ2) is 5.35. The van der Waals surface area contributed by atoms with Crippen molar-refractivity contribution in [1.82, 2.24) is 5.32 Å². The molecule has 1 rings (SSSR count). The Bertz CT molecular complexity index is 349. The summed E-state index contributed by atoms with van der Waals surface area (Å²) in [5.74, 6) is 1.000. The topological polar surface area (TPSA) is 21.3 Å². The molecule has 0 aliphatic rings. The van der Waals surface area contributed by atoms with Crippen LogP contribution in [0.15, 0.2) is 18.2 Å². The molecule has 0 heterocycles. The van der Waals surface area contributed by atoms with Crippen molar-refractivity contribution in [1.29, 1.82) is 0 Å². The number of aryl methyl sites for hydroxylation is 1. The molecule has 1 aromatic carbocycles. The Morgan fingerprint density at radius 1 is 1.31 bits per heavy atom. The van der Waals surface area contributed by atoms with Gasteiger partial charge in [-0.2, -0.15) is 0 Å². The normalized spacial score (nSPS) is 14.6. The van der Waals surface area contributed by atoms with Crippen LogP contribution in [0.25, 0.3) is 0 Å². The molecule has 0 radical (unpaired) electrons. The standard InChI is InChI=1S/C14H23NO/c1-6-14(4,10-15-5)16-13-9-7-8-11(2)12(13)3/h7-9,15H,6,10H2,1-5H3. The molecule has 0 bridgehead atoms. The highest BCUT2D eigenvalue weighted by molar-refractivity contribution is 5.38. The van der Waals surface area contributed by atoms with Gasteiger partial charge in [0, 0.05) is 6.54 Å². The van der Waals surface area contributed by atoms with Crippen molar-refractivity contribution in [3.8, 4) is 5.75 Å². The molecule has 0 fully saturated rings. The van der Waals surface area contributed by atoms with Gasteiger partial charge < -0.3 is 10.1 Å². The van der Waals surface area contributed by atoms with Gasteiger partial charge in [-0.3, -0.25) is 0 Å². The van der Waals surface area contributed by atoms with Crippen LogP contribution in [0.3, 0.4) is 0 Å². The largest absolute Gasteiger partial charge is 0.486 e. The Balaban J connectivity index is 2.90. The summed E-state index contributed by atoms with van der Waals surface area (Å²) in [5.41, 5.74) is 2.38. The van der Waals surface area contributed by atoms with Crippen LogP contribution in [0.2, 0.25) is 0 Å². The number of benzene rings is 1. The molecule has 0 spiro atoms. The van der Waals surface area contributed by atoms with Crippen molar-refractivity contribution in [2.75, 3.05) is 13.6 Å². The SMILES string of the molecule is CCC(C)(CNC)Oc1cccc(C)c1C. The van der Waals surface area contributed by atoms with Gasteiger partial charge >= 0.3 is 0 Å². The van der Waals surface area contributed by atoms with Gasteiger partial charge in [0.2, 0.25) is 0 Å². The van der Waals surface area contributed by atoms with E-state index in [0.717, 1.165) is 18.7 Å². The number of hydrogen-bond acceptors (Lipinski definition) is 2. The van der Waals surface area contributed by atoms with E-state index in [9.17, 15) is 0 Å². The van der Waals surface area contributed by atoms with E-state index in [1.165, 1.54) is 11.1 Å². The molecule has 0 aromatic heterocycles. The minimum atomic E-state index is -0.132. The molecule has 1 atom stereocenters. The van der Waals surface area contributed by atoms with Gasteiger partial charge in [0.15, 0.2) is 0 Å². The fraction of sp³-hybridized carbons (Fsp3) is 0.571. The first-order valence-electron chi connectivity index (χ1n) is 5.92. The summed E-state index contributed by atoms with van der Waals surface area (Å²) in [4.78, 5) is 0. The maximum atomic E-state index is 6.14. The highest BCUT2D eigenvalue weighted by Gasteiger charge is 2.23. The van der Waals surface area contributed by atoms with Gasteiger partial charge in [0.05, 0.1) is 0 Å². The minimum absolute atomic E-state index is 0.132. The van der Waals surface area contributed by atoms with E-state index in [2.05, 4.69) is 39.1 Å².